The van der Waals surface area contributed by atoms with E-state index in [2.05, 4.69) is 14.9 Å². The summed E-state index contributed by atoms with van der Waals surface area (Å²) in [5.41, 5.74) is 1.89. The molecule has 1 fully saturated rings. The van der Waals surface area contributed by atoms with Crippen molar-refractivity contribution < 1.29 is 13.9 Å². The third kappa shape index (κ3) is 3.76. The molecule has 2 aromatic heterocycles. The first-order chi connectivity index (χ1) is 16.5. The zero-order chi connectivity index (χ0) is 23.8. The fraction of sp³-hybridized carbons (Fsp3) is 0.250. The summed E-state index contributed by atoms with van der Waals surface area (Å²) in [5.74, 6) is 0.812. The van der Waals surface area contributed by atoms with Crippen LogP contribution in [0.25, 0.3) is 22.6 Å². The Kier molecular flexibility index (Phi) is 5.48. The minimum atomic E-state index is -0.474. The third-order valence-corrected chi connectivity index (χ3v) is 6.05. The van der Waals surface area contributed by atoms with Gasteiger partial charge in [0.15, 0.2) is 11.5 Å². The number of halogens is 1. The lowest BCUT2D eigenvalue weighted by atomic mass is 10.2. The molecule has 10 heteroatoms. The molecule has 0 aliphatic carbocycles. The number of rotatable bonds is 3. The van der Waals surface area contributed by atoms with Crippen LogP contribution in [-0.4, -0.2) is 63.3 Å². The molecule has 1 aliphatic heterocycles. The Bertz CT molecular complexity index is 1420. The van der Waals surface area contributed by atoms with E-state index >= 15 is 0 Å². The van der Waals surface area contributed by atoms with E-state index in [0.717, 1.165) is 15.8 Å². The van der Waals surface area contributed by atoms with E-state index in [1.165, 1.54) is 22.9 Å². The topological polar surface area (TPSA) is 85.5 Å². The van der Waals surface area contributed by atoms with Gasteiger partial charge >= 0.3 is 11.7 Å². The minimum absolute atomic E-state index is 0.287. The fourth-order valence-electron chi connectivity index (χ4n) is 4.15. The van der Waals surface area contributed by atoms with Crippen molar-refractivity contribution in [2.24, 2.45) is 7.05 Å². The Morgan fingerprint density at radius 3 is 2.50 bits per heavy atom. The molecule has 0 unspecified atom stereocenters. The number of imidazole rings is 1. The third-order valence-electron chi connectivity index (χ3n) is 6.05. The second-order valence-corrected chi connectivity index (χ2v) is 8.04. The normalized spacial score (nSPS) is 14.0. The maximum atomic E-state index is 13.3. The highest BCUT2D eigenvalue weighted by molar-refractivity contribution is 5.88. The summed E-state index contributed by atoms with van der Waals surface area (Å²) in [7, 11) is 3.17. The monoisotopic (exact) mass is 462 g/mol. The van der Waals surface area contributed by atoms with Crippen LogP contribution in [0.1, 0.15) is 0 Å². The van der Waals surface area contributed by atoms with Crippen LogP contribution >= 0.6 is 0 Å². The smallest absolute Gasteiger partial charge is 0.338 e. The van der Waals surface area contributed by atoms with Gasteiger partial charge in [-0.25, -0.2) is 28.5 Å². The van der Waals surface area contributed by atoms with Crippen molar-refractivity contribution in [1.29, 1.82) is 0 Å². The van der Waals surface area contributed by atoms with Crippen molar-refractivity contribution in [3.05, 3.63) is 71.0 Å². The van der Waals surface area contributed by atoms with Gasteiger partial charge in [-0.3, -0.25) is 4.57 Å². The van der Waals surface area contributed by atoms with Crippen LogP contribution in [0.2, 0.25) is 0 Å². The molecule has 9 nitrogen and oxygen atoms in total. The summed E-state index contributed by atoms with van der Waals surface area (Å²) in [5, 5.41) is 0. The summed E-state index contributed by atoms with van der Waals surface area (Å²) in [6, 6.07) is 13.2. The number of ether oxygens (including phenoxy) is 1. The van der Waals surface area contributed by atoms with E-state index in [1.54, 1.807) is 31.2 Å². The van der Waals surface area contributed by atoms with E-state index in [0.29, 0.717) is 48.9 Å². The summed E-state index contributed by atoms with van der Waals surface area (Å²) in [4.78, 5) is 39.0. The van der Waals surface area contributed by atoms with Gasteiger partial charge in [0.1, 0.15) is 17.1 Å². The van der Waals surface area contributed by atoms with Gasteiger partial charge in [0.2, 0.25) is 0 Å². The van der Waals surface area contributed by atoms with Crippen LogP contribution in [0.4, 0.5) is 14.9 Å². The van der Waals surface area contributed by atoms with Gasteiger partial charge in [0.25, 0.3) is 0 Å². The molecular weight excluding hydrogens is 439 g/mol. The molecule has 0 radical (unpaired) electrons. The van der Waals surface area contributed by atoms with Gasteiger partial charge in [0, 0.05) is 44.5 Å². The summed E-state index contributed by atoms with van der Waals surface area (Å²) in [6.45, 7) is 2.02. The number of benzene rings is 2. The molecule has 2 aromatic carbocycles. The lowest BCUT2D eigenvalue weighted by Gasteiger charge is -2.35. The molecule has 34 heavy (non-hydrogen) atoms. The largest absolute Gasteiger partial charge is 0.497 e. The van der Waals surface area contributed by atoms with Gasteiger partial charge in [-0.05, 0) is 36.4 Å². The number of carbonyl (C=O) groups excluding carboxylic acids is 1. The number of carbonyl (C=O) groups is 1. The highest BCUT2D eigenvalue weighted by Gasteiger charge is 2.27. The van der Waals surface area contributed by atoms with Crippen molar-refractivity contribution >= 4 is 22.9 Å². The van der Waals surface area contributed by atoms with Crippen LogP contribution in [0.15, 0.2) is 59.5 Å². The van der Waals surface area contributed by atoms with Crippen LogP contribution in [0.5, 0.6) is 5.75 Å². The first kappa shape index (κ1) is 21.6. The van der Waals surface area contributed by atoms with Gasteiger partial charge in [-0.1, -0.05) is 12.1 Å². The lowest BCUT2D eigenvalue weighted by molar-refractivity contribution is 0.196. The Labute approximate surface area is 194 Å². The van der Waals surface area contributed by atoms with Crippen molar-refractivity contribution in [3.63, 3.8) is 0 Å². The number of hydrogen-bond acceptors (Lipinski definition) is 6. The predicted octanol–water partition coefficient (Wildman–Crippen LogP) is 2.74. The molecule has 0 bridgehead atoms. The lowest BCUT2D eigenvalue weighted by Crippen LogP contribution is -2.51. The van der Waals surface area contributed by atoms with E-state index in [9.17, 15) is 14.0 Å². The van der Waals surface area contributed by atoms with Gasteiger partial charge in [-0.15, -0.1) is 0 Å². The molecule has 174 valence electrons. The van der Waals surface area contributed by atoms with Crippen molar-refractivity contribution in [2.75, 3.05) is 38.2 Å². The highest BCUT2D eigenvalue weighted by atomic mass is 19.1. The number of nitrogens with zero attached hydrogens (tertiary/aromatic N) is 6. The quantitative estimate of drug-likeness (QED) is 0.466. The number of methoxy groups -OCH3 is 1. The zero-order valence-corrected chi connectivity index (χ0v) is 18.8. The maximum Gasteiger partial charge on any atom is 0.338 e. The van der Waals surface area contributed by atoms with Crippen LogP contribution < -0.4 is 15.3 Å². The Morgan fingerprint density at radius 1 is 1.06 bits per heavy atom. The number of aromatic nitrogens is 4. The SMILES string of the molecule is COc1cccc(-c2ncc3c(n2)n(C)c(=O)n3C(=O)N2CCN(c3ccc(F)cc3)CC2)c1. The van der Waals surface area contributed by atoms with E-state index in [1.807, 2.05) is 24.3 Å². The first-order valence-corrected chi connectivity index (χ1v) is 10.8. The first-order valence-electron chi connectivity index (χ1n) is 10.8. The van der Waals surface area contributed by atoms with Crippen LogP contribution in [0, 0.1) is 5.82 Å². The number of amides is 1. The number of hydrogen-bond donors (Lipinski definition) is 0. The number of aryl methyl sites for hydroxylation is 1. The molecule has 0 atom stereocenters. The molecule has 1 amide bonds. The summed E-state index contributed by atoms with van der Waals surface area (Å²) < 4.78 is 21.0. The molecule has 0 N–H and O–H groups in total. The molecule has 0 spiro atoms. The maximum absolute atomic E-state index is 13.3. The number of piperazine rings is 1. The highest BCUT2D eigenvalue weighted by Crippen LogP contribution is 2.23. The standard InChI is InChI=1S/C24H23FN6O3/c1-28-22-20(15-26-21(27-22)16-4-3-5-19(14-16)34-2)31(23(28)32)24(33)30-12-10-29(11-13-30)18-8-6-17(25)7-9-18/h3-9,14-15H,10-13H2,1-2H3. The van der Waals surface area contributed by atoms with Crippen molar-refractivity contribution in [3.8, 4) is 17.1 Å². The molecule has 1 saturated heterocycles. The fourth-order valence-corrected chi connectivity index (χ4v) is 4.15. The Hall–Kier alpha value is -4.21. The van der Waals surface area contributed by atoms with Crippen LogP contribution in [0.3, 0.4) is 0 Å². The molecule has 3 heterocycles. The summed E-state index contributed by atoms with van der Waals surface area (Å²) in [6.07, 6.45) is 1.51. The van der Waals surface area contributed by atoms with E-state index in [-0.39, 0.29) is 5.82 Å². The second-order valence-electron chi connectivity index (χ2n) is 8.04. The zero-order valence-electron chi connectivity index (χ0n) is 18.8. The van der Waals surface area contributed by atoms with Gasteiger partial charge in [-0.2, -0.15) is 0 Å². The van der Waals surface area contributed by atoms with Crippen molar-refractivity contribution in [1.82, 2.24) is 24.0 Å². The van der Waals surface area contributed by atoms with E-state index in [4.69, 9.17) is 4.74 Å². The molecular formula is C24H23FN6O3. The Morgan fingerprint density at radius 2 is 1.79 bits per heavy atom. The van der Waals surface area contributed by atoms with Crippen molar-refractivity contribution in [2.45, 2.75) is 0 Å². The Balaban J connectivity index is 1.41. The van der Waals surface area contributed by atoms with Gasteiger partial charge in [0.05, 0.1) is 13.3 Å². The van der Waals surface area contributed by atoms with Crippen LogP contribution in [-0.2, 0) is 7.05 Å². The van der Waals surface area contributed by atoms with Gasteiger partial charge < -0.3 is 14.5 Å². The molecule has 4 aromatic rings. The second kappa shape index (κ2) is 8.62. The molecule has 5 rings (SSSR count). The number of anilines is 1. The molecule has 1 aliphatic rings. The average molecular weight is 462 g/mol. The molecule has 0 saturated carbocycles. The average Bonchev–Trinajstić information content (AvgIpc) is 3.13. The number of fused-ring (bicyclic) bond motifs is 1. The summed E-state index contributed by atoms with van der Waals surface area (Å²) >= 11 is 0. The van der Waals surface area contributed by atoms with E-state index < -0.39 is 11.7 Å². The predicted molar refractivity (Wildman–Crippen MR) is 126 cm³/mol. The minimum Gasteiger partial charge on any atom is -0.497 e.